The van der Waals surface area contributed by atoms with Crippen molar-refractivity contribution < 1.29 is 9.59 Å². The van der Waals surface area contributed by atoms with E-state index in [0.717, 1.165) is 61.4 Å². The Labute approximate surface area is 250 Å². The van der Waals surface area contributed by atoms with Crippen LogP contribution in [0.1, 0.15) is 89.9 Å². The predicted molar refractivity (Wildman–Crippen MR) is 165 cm³/mol. The molecule has 234 valence electrons. The largest absolute Gasteiger partial charge is 0.370 e. The third kappa shape index (κ3) is 6.21. The average Bonchev–Trinajstić information content (AvgIpc) is 2.87. The highest BCUT2D eigenvalue weighted by Crippen LogP contribution is 2.64. The molecule has 0 atom stereocenters. The van der Waals surface area contributed by atoms with E-state index in [1.54, 1.807) is 0 Å². The maximum absolute atomic E-state index is 14.4. The summed E-state index contributed by atoms with van der Waals surface area (Å²) in [5.74, 6) is 5.05. The fraction of sp³-hybridized carbons (Fsp3) is 0.871. The molecule has 11 nitrogen and oxygen atoms in total. The number of hydrogen-bond donors (Lipinski definition) is 5. The predicted octanol–water partition coefficient (Wildman–Crippen LogP) is 2.95. The lowest BCUT2D eigenvalue weighted by molar-refractivity contribution is -0.153. The van der Waals surface area contributed by atoms with Gasteiger partial charge in [-0.3, -0.25) is 20.6 Å². The molecule has 11 heteroatoms. The maximum Gasteiger partial charge on any atom is 0.325 e. The van der Waals surface area contributed by atoms with Crippen molar-refractivity contribution in [1.29, 1.82) is 0 Å². The average molecular weight is 584 g/mol. The van der Waals surface area contributed by atoms with Gasteiger partial charge in [0.25, 0.3) is 0 Å². The zero-order chi connectivity index (χ0) is 29.5. The summed E-state index contributed by atoms with van der Waals surface area (Å²) in [5, 5.41) is 5.38. The minimum atomic E-state index is -0.711. The monoisotopic (exact) mass is 583 g/mol. The van der Waals surface area contributed by atoms with Crippen molar-refractivity contribution in [3.63, 3.8) is 0 Å². The number of urea groups is 2. The van der Waals surface area contributed by atoms with Gasteiger partial charge in [-0.2, -0.15) is 0 Å². The van der Waals surface area contributed by atoms with Gasteiger partial charge in [0, 0.05) is 24.2 Å². The van der Waals surface area contributed by atoms with Crippen molar-refractivity contribution in [3.8, 4) is 0 Å². The molecule has 0 aliphatic heterocycles. The van der Waals surface area contributed by atoms with E-state index >= 15 is 0 Å². The van der Waals surface area contributed by atoms with Crippen molar-refractivity contribution in [2.75, 3.05) is 33.2 Å². The van der Waals surface area contributed by atoms with Crippen LogP contribution in [0, 0.1) is 35.5 Å². The molecule has 0 aromatic rings. The van der Waals surface area contributed by atoms with Crippen LogP contribution in [-0.2, 0) is 0 Å². The van der Waals surface area contributed by atoms with E-state index in [-0.39, 0.29) is 29.0 Å². The first-order valence-corrected chi connectivity index (χ1v) is 16.6. The Kier molecular flexibility index (Phi) is 8.32. The molecule has 0 radical (unpaired) electrons. The second-order valence-corrected chi connectivity index (χ2v) is 15.1. The highest BCUT2D eigenvalue weighted by molar-refractivity contribution is 5.96. The van der Waals surface area contributed by atoms with E-state index < -0.39 is 6.03 Å². The van der Waals surface area contributed by atoms with Gasteiger partial charge in [-0.1, -0.05) is 0 Å². The Morgan fingerprint density at radius 2 is 1.02 bits per heavy atom. The molecule has 8 N–H and O–H groups in total. The number of carbonyl (C=O) groups excluding carboxylic acids is 2. The summed E-state index contributed by atoms with van der Waals surface area (Å²) in [5.41, 5.74) is 17.0. The molecule has 8 aliphatic rings. The summed E-state index contributed by atoms with van der Waals surface area (Å²) in [6.07, 6.45) is 17.1. The minimum absolute atomic E-state index is 0.0120. The van der Waals surface area contributed by atoms with Gasteiger partial charge in [0.2, 0.25) is 0 Å². The number of nitrogens with two attached hydrogens (primary N) is 3. The van der Waals surface area contributed by atoms with Crippen molar-refractivity contribution >= 4 is 24.0 Å². The summed E-state index contributed by atoms with van der Waals surface area (Å²) in [4.78, 5) is 38.5. The topological polar surface area (TPSA) is 167 Å². The van der Waals surface area contributed by atoms with Gasteiger partial charge in [0.15, 0.2) is 11.9 Å². The number of guanidine groups is 2. The van der Waals surface area contributed by atoms with Crippen molar-refractivity contribution in [2.45, 2.75) is 101 Å². The summed E-state index contributed by atoms with van der Waals surface area (Å²) >= 11 is 0. The molecule has 8 bridgehead atoms. The second kappa shape index (κ2) is 11.8. The molecule has 0 heterocycles. The molecule has 0 unspecified atom stereocenters. The normalized spacial score (nSPS) is 38.2. The van der Waals surface area contributed by atoms with Gasteiger partial charge in [0.05, 0.1) is 0 Å². The first-order valence-electron chi connectivity index (χ1n) is 16.6. The molecule has 0 saturated heterocycles. The van der Waals surface area contributed by atoms with E-state index in [2.05, 4.69) is 37.5 Å². The fourth-order valence-corrected chi connectivity index (χ4v) is 11.2. The van der Waals surface area contributed by atoms with E-state index in [0.29, 0.717) is 13.1 Å². The molecule has 8 aliphatic carbocycles. The van der Waals surface area contributed by atoms with E-state index in [4.69, 9.17) is 17.2 Å². The number of primary amides is 1. The summed E-state index contributed by atoms with van der Waals surface area (Å²) in [7, 11) is 2.05. The van der Waals surface area contributed by atoms with Gasteiger partial charge in [0.1, 0.15) is 0 Å². The molecule has 0 spiro atoms. The number of nitrogens with one attached hydrogen (secondary N) is 2. The van der Waals surface area contributed by atoms with Gasteiger partial charge in [-0.15, -0.1) is 0 Å². The van der Waals surface area contributed by atoms with Crippen LogP contribution >= 0.6 is 0 Å². The quantitative estimate of drug-likeness (QED) is 0.151. The third-order valence-electron chi connectivity index (χ3n) is 11.6. The summed E-state index contributed by atoms with van der Waals surface area (Å²) in [6.45, 7) is 2.78. The number of rotatable bonds is 10. The Morgan fingerprint density at radius 1 is 0.667 bits per heavy atom. The van der Waals surface area contributed by atoms with Gasteiger partial charge >= 0.3 is 12.1 Å². The smallest absolute Gasteiger partial charge is 0.325 e. The Bertz CT molecular complexity index is 974. The van der Waals surface area contributed by atoms with E-state index in [9.17, 15) is 9.59 Å². The van der Waals surface area contributed by atoms with Gasteiger partial charge in [-0.25, -0.2) is 9.59 Å². The molecule has 0 aromatic carbocycles. The van der Waals surface area contributed by atoms with Gasteiger partial charge in [-0.05, 0) is 146 Å². The molecule has 8 saturated carbocycles. The minimum Gasteiger partial charge on any atom is -0.370 e. The SMILES string of the molecule is CN(CCCN=C(N)NC(N)=O)CCCN=C(N)NC(=O)N(C12CC3CC(CC(C3)C1)C2)C12CC3CC(CC(C3)C1)C2. The molecular formula is C31H53N9O2. The van der Waals surface area contributed by atoms with Crippen LogP contribution in [0.25, 0.3) is 0 Å². The lowest BCUT2D eigenvalue weighted by atomic mass is 9.48. The van der Waals surface area contributed by atoms with Crippen molar-refractivity contribution in [2.24, 2.45) is 62.7 Å². The van der Waals surface area contributed by atoms with Crippen LogP contribution in [0.3, 0.4) is 0 Å². The summed E-state index contributed by atoms with van der Waals surface area (Å²) < 4.78 is 0. The van der Waals surface area contributed by atoms with Gasteiger partial charge < -0.3 is 27.0 Å². The highest BCUT2D eigenvalue weighted by Gasteiger charge is 2.63. The van der Waals surface area contributed by atoms with Crippen LogP contribution in [0.15, 0.2) is 9.98 Å². The van der Waals surface area contributed by atoms with E-state index in [1.807, 2.05) is 0 Å². The fourth-order valence-electron chi connectivity index (χ4n) is 11.2. The summed E-state index contributed by atoms with van der Waals surface area (Å²) in [6, 6.07) is -0.680. The Hall–Kier alpha value is -2.56. The third-order valence-corrected chi connectivity index (χ3v) is 11.6. The van der Waals surface area contributed by atoms with Crippen LogP contribution in [-0.4, -0.2) is 78.1 Å². The van der Waals surface area contributed by atoms with Crippen molar-refractivity contribution in [1.82, 2.24) is 20.4 Å². The molecule has 8 fully saturated rings. The Balaban J connectivity index is 1.05. The first-order chi connectivity index (χ1) is 20.1. The lowest BCUT2D eigenvalue weighted by Crippen LogP contribution is -2.73. The zero-order valence-corrected chi connectivity index (χ0v) is 25.5. The lowest BCUT2D eigenvalue weighted by Gasteiger charge is -2.68. The van der Waals surface area contributed by atoms with E-state index in [1.165, 1.54) is 77.0 Å². The molecule has 0 aromatic heterocycles. The number of aliphatic imine (C=N–C) groups is 2. The molecular weight excluding hydrogens is 530 g/mol. The number of amides is 4. The maximum atomic E-state index is 14.4. The van der Waals surface area contributed by atoms with Crippen LogP contribution in [0.5, 0.6) is 0 Å². The molecule has 4 amide bonds. The highest BCUT2D eigenvalue weighted by atomic mass is 16.2. The van der Waals surface area contributed by atoms with Crippen LogP contribution in [0.2, 0.25) is 0 Å². The van der Waals surface area contributed by atoms with Crippen LogP contribution in [0.4, 0.5) is 9.59 Å². The molecule has 8 rings (SSSR count). The first kappa shape index (κ1) is 29.5. The van der Waals surface area contributed by atoms with Crippen LogP contribution < -0.4 is 27.8 Å². The standard InChI is InChI=1S/C31H53N9O2/c1-39(6-2-4-35-26(32)37-28(34)41)7-3-5-36-27(33)38-29(42)40(30-14-20-8-21(15-30)10-22(9-20)16-30)31-17-23-11-24(18-31)13-25(12-23)19-31/h20-25H,2-19H2,1H3,(H3,33,36,38,42)(H5,32,34,35,37,41). The number of hydrogen-bond acceptors (Lipinski definition) is 5. The number of carbonyl (C=O) groups is 2. The second-order valence-electron chi connectivity index (χ2n) is 15.1. The number of nitrogens with zero attached hydrogens (tertiary/aromatic N) is 4. The zero-order valence-electron chi connectivity index (χ0n) is 25.5. The molecule has 42 heavy (non-hydrogen) atoms. The van der Waals surface area contributed by atoms with Crippen molar-refractivity contribution in [3.05, 3.63) is 0 Å². The Morgan fingerprint density at radius 3 is 1.38 bits per heavy atom.